The Morgan fingerprint density at radius 3 is 2.88 bits per heavy atom. The highest BCUT2D eigenvalue weighted by molar-refractivity contribution is 5.82. The Hall–Kier alpha value is -1.39. The van der Waals surface area contributed by atoms with Crippen molar-refractivity contribution in [2.75, 3.05) is 13.1 Å². The standard InChI is InChI=1S/C20H25NO3/c22-15-4-3-14-9-18-20(24)6-5-16(23)11-19(20,17(14)10-15)7-8-21(18)12-13-1-2-13/h3-4,10,13,18,22,24H,1-2,5-9,11-12H2/t18-,19-,20+/m0/s1. The summed E-state index contributed by atoms with van der Waals surface area (Å²) in [6.45, 7) is 2.04. The fraction of sp³-hybridized carbons (Fsp3) is 0.650. The minimum absolute atomic E-state index is 0.108. The van der Waals surface area contributed by atoms with Gasteiger partial charge in [0, 0.05) is 30.8 Å². The fourth-order valence-corrected chi connectivity index (χ4v) is 5.74. The largest absolute Gasteiger partial charge is 0.508 e. The molecule has 5 rings (SSSR count). The SMILES string of the molecule is O=C1CC[C@@]2(O)[C@@H]3Cc4ccc(O)cc4[C@]2(CCN3CC2CC2)C1. The molecule has 1 aliphatic heterocycles. The van der Waals surface area contributed by atoms with E-state index in [1.165, 1.54) is 18.4 Å². The Morgan fingerprint density at radius 2 is 2.08 bits per heavy atom. The second kappa shape index (κ2) is 4.83. The number of Topliss-reactive ketones (excluding diaryl/α,β-unsaturated/α-hetero) is 1. The van der Waals surface area contributed by atoms with Crippen LogP contribution in [0.3, 0.4) is 0 Å². The van der Waals surface area contributed by atoms with Crippen molar-refractivity contribution in [1.29, 1.82) is 0 Å². The van der Waals surface area contributed by atoms with E-state index in [1.54, 1.807) is 6.07 Å². The maximum Gasteiger partial charge on any atom is 0.134 e. The summed E-state index contributed by atoms with van der Waals surface area (Å²) in [5, 5.41) is 21.9. The molecule has 3 atom stereocenters. The molecular weight excluding hydrogens is 302 g/mol. The molecule has 2 N–H and O–H groups in total. The fourth-order valence-electron chi connectivity index (χ4n) is 5.74. The third-order valence-corrected chi connectivity index (χ3v) is 7.14. The molecule has 0 unspecified atom stereocenters. The van der Waals surface area contributed by atoms with Crippen molar-refractivity contribution in [3.8, 4) is 5.75 Å². The molecule has 1 aromatic carbocycles. The number of hydrogen-bond acceptors (Lipinski definition) is 4. The maximum absolute atomic E-state index is 12.3. The highest BCUT2D eigenvalue weighted by atomic mass is 16.3. The smallest absolute Gasteiger partial charge is 0.134 e. The molecule has 3 aliphatic carbocycles. The predicted molar refractivity (Wildman–Crippen MR) is 90.0 cm³/mol. The summed E-state index contributed by atoms with van der Waals surface area (Å²) in [7, 11) is 0. The number of hydrogen-bond donors (Lipinski definition) is 2. The van der Waals surface area contributed by atoms with E-state index in [1.807, 2.05) is 12.1 Å². The van der Waals surface area contributed by atoms with Crippen LogP contribution in [0.5, 0.6) is 5.75 Å². The molecule has 4 heteroatoms. The molecule has 0 amide bonds. The van der Waals surface area contributed by atoms with Crippen molar-refractivity contribution >= 4 is 5.78 Å². The molecule has 0 aromatic heterocycles. The van der Waals surface area contributed by atoms with E-state index in [4.69, 9.17) is 0 Å². The second-order valence-corrected chi connectivity index (χ2v) is 8.47. The van der Waals surface area contributed by atoms with Gasteiger partial charge in [-0.25, -0.2) is 0 Å². The van der Waals surface area contributed by atoms with Gasteiger partial charge in [0.05, 0.1) is 5.60 Å². The number of phenols is 1. The molecule has 2 saturated carbocycles. The van der Waals surface area contributed by atoms with Gasteiger partial charge in [-0.05, 0) is 67.8 Å². The third kappa shape index (κ3) is 1.90. The normalized spacial score (nSPS) is 38.5. The summed E-state index contributed by atoms with van der Waals surface area (Å²) in [6.07, 6.45) is 5.75. The molecule has 1 aromatic rings. The summed E-state index contributed by atoms with van der Waals surface area (Å²) in [5.41, 5.74) is 0.895. The summed E-state index contributed by atoms with van der Waals surface area (Å²) in [6, 6.07) is 5.66. The van der Waals surface area contributed by atoms with Gasteiger partial charge in [0.15, 0.2) is 0 Å². The molecule has 4 nitrogen and oxygen atoms in total. The number of rotatable bonds is 2. The van der Waals surface area contributed by atoms with Gasteiger partial charge in [-0.15, -0.1) is 0 Å². The van der Waals surface area contributed by atoms with Gasteiger partial charge in [0.1, 0.15) is 11.5 Å². The Labute approximate surface area is 142 Å². The highest BCUT2D eigenvalue weighted by Gasteiger charge is 2.64. The number of nitrogens with zero attached hydrogens (tertiary/aromatic N) is 1. The van der Waals surface area contributed by atoms with Gasteiger partial charge in [0.25, 0.3) is 0 Å². The van der Waals surface area contributed by atoms with E-state index in [-0.39, 0.29) is 17.6 Å². The van der Waals surface area contributed by atoms with Crippen molar-refractivity contribution in [3.05, 3.63) is 29.3 Å². The van der Waals surface area contributed by atoms with Gasteiger partial charge in [0.2, 0.25) is 0 Å². The monoisotopic (exact) mass is 327 g/mol. The zero-order chi connectivity index (χ0) is 16.5. The van der Waals surface area contributed by atoms with Gasteiger partial charge >= 0.3 is 0 Å². The number of likely N-dealkylation sites (tertiary alicyclic amines) is 1. The second-order valence-electron chi connectivity index (χ2n) is 8.47. The van der Waals surface area contributed by atoms with Gasteiger partial charge in [-0.2, -0.15) is 0 Å². The van der Waals surface area contributed by atoms with Gasteiger partial charge in [-0.3, -0.25) is 9.69 Å². The summed E-state index contributed by atoms with van der Waals surface area (Å²) >= 11 is 0. The van der Waals surface area contributed by atoms with Crippen LogP contribution in [0, 0.1) is 5.92 Å². The lowest BCUT2D eigenvalue weighted by Crippen LogP contribution is -2.73. The van der Waals surface area contributed by atoms with Crippen molar-refractivity contribution in [2.24, 2.45) is 5.92 Å². The van der Waals surface area contributed by atoms with Crippen LogP contribution in [-0.2, 0) is 16.6 Å². The maximum atomic E-state index is 12.3. The molecule has 0 radical (unpaired) electrons. The van der Waals surface area contributed by atoms with Crippen LogP contribution in [0.4, 0.5) is 0 Å². The van der Waals surface area contributed by atoms with Crippen LogP contribution in [0.25, 0.3) is 0 Å². The van der Waals surface area contributed by atoms with Crippen LogP contribution in [-0.4, -0.2) is 45.6 Å². The first-order chi connectivity index (χ1) is 11.5. The number of piperidine rings is 1. The molecule has 1 heterocycles. The highest BCUT2D eigenvalue weighted by Crippen LogP contribution is 2.58. The average Bonchev–Trinajstić information content (AvgIpc) is 3.36. The van der Waals surface area contributed by atoms with Crippen LogP contribution in [0.1, 0.15) is 49.7 Å². The summed E-state index contributed by atoms with van der Waals surface area (Å²) < 4.78 is 0. The lowest BCUT2D eigenvalue weighted by Gasteiger charge is -2.63. The van der Waals surface area contributed by atoms with Crippen molar-refractivity contribution in [3.63, 3.8) is 0 Å². The molecule has 24 heavy (non-hydrogen) atoms. The van der Waals surface area contributed by atoms with E-state index >= 15 is 0 Å². The van der Waals surface area contributed by atoms with E-state index in [0.717, 1.165) is 37.4 Å². The minimum Gasteiger partial charge on any atom is -0.508 e. The topological polar surface area (TPSA) is 60.8 Å². The molecule has 2 bridgehead atoms. The number of aromatic hydroxyl groups is 1. The quantitative estimate of drug-likeness (QED) is 0.874. The number of benzene rings is 1. The van der Waals surface area contributed by atoms with E-state index in [2.05, 4.69) is 4.90 Å². The molecule has 4 aliphatic rings. The molecule has 128 valence electrons. The molecule has 1 saturated heterocycles. The molecular formula is C20H25NO3. The van der Waals surface area contributed by atoms with E-state index < -0.39 is 11.0 Å². The Kier molecular flexibility index (Phi) is 3.00. The first kappa shape index (κ1) is 14.9. The lowest BCUT2D eigenvalue weighted by molar-refractivity contribution is -0.173. The van der Waals surface area contributed by atoms with E-state index in [0.29, 0.717) is 19.3 Å². The van der Waals surface area contributed by atoms with Crippen LogP contribution in [0.2, 0.25) is 0 Å². The summed E-state index contributed by atoms with van der Waals surface area (Å²) in [4.78, 5) is 14.8. The predicted octanol–water partition coefficient (Wildman–Crippen LogP) is 2.15. The van der Waals surface area contributed by atoms with Crippen molar-refractivity contribution in [1.82, 2.24) is 4.90 Å². The van der Waals surface area contributed by atoms with E-state index in [9.17, 15) is 15.0 Å². The Morgan fingerprint density at radius 1 is 1.25 bits per heavy atom. The number of carbonyl (C=O) groups is 1. The minimum atomic E-state index is -0.838. The first-order valence-electron chi connectivity index (χ1n) is 9.32. The van der Waals surface area contributed by atoms with Crippen LogP contribution in [0.15, 0.2) is 18.2 Å². The molecule has 3 fully saturated rings. The van der Waals surface area contributed by atoms with Gasteiger partial charge < -0.3 is 10.2 Å². The lowest BCUT2D eigenvalue weighted by atomic mass is 9.49. The van der Waals surface area contributed by atoms with Crippen molar-refractivity contribution in [2.45, 2.75) is 62.0 Å². The van der Waals surface area contributed by atoms with Crippen molar-refractivity contribution < 1.29 is 15.0 Å². The number of ketones is 1. The number of phenolic OH excluding ortho intramolecular Hbond substituents is 1. The average molecular weight is 327 g/mol. The molecule has 0 spiro atoms. The number of carbonyl (C=O) groups excluding carboxylic acids is 1. The zero-order valence-electron chi connectivity index (χ0n) is 14.0. The van der Waals surface area contributed by atoms with Crippen LogP contribution < -0.4 is 0 Å². The zero-order valence-corrected chi connectivity index (χ0v) is 14.0. The van der Waals surface area contributed by atoms with Crippen LogP contribution >= 0.6 is 0 Å². The summed E-state index contributed by atoms with van der Waals surface area (Å²) in [5.74, 6) is 1.29. The first-order valence-corrected chi connectivity index (χ1v) is 9.32. The number of fused-ring (bicyclic) bond motifs is 1. The Balaban J connectivity index is 1.65. The third-order valence-electron chi connectivity index (χ3n) is 7.14. The van der Waals surface area contributed by atoms with Gasteiger partial charge in [-0.1, -0.05) is 6.07 Å². The number of aliphatic hydroxyl groups is 1. The Bertz CT molecular complexity index is 713.